The molecule has 0 bridgehead atoms. The van der Waals surface area contributed by atoms with E-state index in [1.54, 1.807) is 12.5 Å². The van der Waals surface area contributed by atoms with Gasteiger partial charge in [-0.1, -0.05) is 20.8 Å². The predicted octanol–water partition coefficient (Wildman–Crippen LogP) is 2.75. The van der Waals surface area contributed by atoms with Gasteiger partial charge < -0.3 is 14.5 Å². The van der Waals surface area contributed by atoms with Crippen molar-refractivity contribution in [2.75, 3.05) is 13.1 Å². The summed E-state index contributed by atoms with van der Waals surface area (Å²) in [4.78, 5) is 0. The lowest BCUT2D eigenvalue weighted by Gasteiger charge is -2.34. The van der Waals surface area contributed by atoms with Gasteiger partial charge in [-0.3, -0.25) is 0 Å². The van der Waals surface area contributed by atoms with Crippen molar-refractivity contribution in [3.8, 4) is 0 Å². The molecule has 16 heavy (non-hydrogen) atoms. The van der Waals surface area contributed by atoms with Crippen LogP contribution in [0.1, 0.15) is 38.9 Å². The van der Waals surface area contributed by atoms with Gasteiger partial charge in [0.2, 0.25) is 0 Å². The van der Waals surface area contributed by atoms with Crippen LogP contribution in [0.25, 0.3) is 0 Å². The van der Waals surface area contributed by atoms with E-state index in [0.29, 0.717) is 11.5 Å². The zero-order valence-electron chi connectivity index (χ0n) is 10.3. The van der Waals surface area contributed by atoms with Gasteiger partial charge in [-0.25, -0.2) is 0 Å². The maximum Gasteiger partial charge on any atom is 0.0984 e. The van der Waals surface area contributed by atoms with Crippen LogP contribution in [0.15, 0.2) is 23.0 Å². The first-order valence-corrected chi connectivity index (χ1v) is 5.93. The van der Waals surface area contributed by atoms with Crippen molar-refractivity contribution in [1.82, 2.24) is 5.32 Å². The minimum Gasteiger partial charge on any atom is -0.472 e. The summed E-state index contributed by atoms with van der Waals surface area (Å²) in [5, 5.41) is 3.43. The summed E-state index contributed by atoms with van der Waals surface area (Å²) in [5.41, 5.74) is 1.44. The van der Waals surface area contributed by atoms with E-state index in [-0.39, 0.29) is 6.10 Å². The zero-order valence-corrected chi connectivity index (χ0v) is 10.3. The van der Waals surface area contributed by atoms with Crippen LogP contribution in [0.3, 0.4) is 0 Å². The predicted molar refractivity (Wildman–Crippen MR) is 63.3 cm³/mol. The van der Waals surface area contributed by atoms with Gasteiger partial charge in [0, 0.05) is 18.7 Å². The summed E-state index contributed by atoms with van der Waals surface area (Å²) in [6, 6.07) is 1.98. The lowest BCUT2D eigenvalue weighted by atomic mass is 9.88. The summed E-state index contributed by atoms with van der Waals surface area (Å²) in [5.74, 6) is 0. The van der Waals surface area contributed by atoms with Gasteiger partial charge in [0.25, 0.3) is 0 Å². The highest BCUT2D eigenvalue weighted by Crippen LogP contribution is 2.28. The Morgan fingerprint density at radius 2 is 2.19 bits per heavy atom. The third-order valence-electron chi connectivity index (χ3n) is 2.81. The molecule has 1 aromatic rings. The Balaban J connectivity index is 1.94. The largest absolute Gasteiger partial charge is 0.472 e. The normalized spacial score (nSPS) is 26.9. The molecule has 0 aromatic carbocycles. The molecule has 2 heterocycles. The minimum atomic E-state index is 0.139. The maximum absolute atomic E-state index is 6.08. The van der Waals surface area contributed by atoms with Crippen LogP contribution in [-0.4, -0.2) is 19.2 Å². The molecular weight excluding hydrogens is 202 g/mol. The Labute approximate surface area is 97.2 Å². The summed E-state index contributed by atoms with van der Waals surface area (Å²) in [6.07, 6.45) is 4.99. The lowest BCUT2D eigenvalue weighted by molar-refractivity contribution is -0.0554. The topological polar surface area (TPSA) is 34.4 Å². The van der Waals surface area contributed by atoms with E-state index in [2.05, 4.69) is 26.1 Å². The Bertz CT molecular complexity index is 313. The highest BCUT2D eigenvalue weighted by atomic mass is 16.5. The second-order valence-corrected chi connectivity index (χ2v) is 5.73. The quantitative estimate of drug-likeness (QED) is 0.837. The van der Waals surface area contributed by atoms with Crippen LogP contribution in [0.4, 0.5) is 0 Å². The SMILES string of the molecule is CC(C)(C)CC1CNCC(c2ccoc2)O1. The summed E-state index contributed by atoms with van der Waals surface area (Å²) in [6.45, 7) is 8.57. The Hall–Kier alpha value is -0.800. The number of ether oxygens (including phenoxy) is 1. The smallest absolute Gasteiger partial charge is 0.0984 e. The number of rotatable bonds is 2. The molecule has 1 aromatic heterocycles. The lowest BCUT2D eigenvalue weighted by Crippen LogP contribution is -2.42. The molecule has 3 heteroatoms. The number of nitrogens with one attached hydrogen (secondary N) is 1. The van der Waals surface area contributed by atoms with Crippen LogP contribution in [-0.2, 0) is 4.74 Å². The van der Waals surface area contributed by atoms with Gasteiger partial charge in [-0.05, 0) is 17.9 Å². The van der Waals surface area contributed by atoms with Crippen LogP contribution in [0, 0.1) is 5.41 Å². The van der Waals surface area contributed by atoms with E-state index < -0.39 is 0 Å². The van der Waals surface area contributed by atoms with Crippen molar-refractivity contribution in [2.24, 2.45) is 5.41 Å². The maximum atomic E-state index is 6.08. The molecule has 1 fully saturated rings. The van der Waals surface area contributed by atoms with E-state index >= 15 is 0 Å². The Kier molecular flexibility index (Phi) is 3.36. The molecule has 0 saturated carbocycles. The molecule has 2 unspecified atom stereocenters. The molecule has 1 N–H and O–H groups in total. The van der Waals surface area contributed by atoms with Crippen molar-refractivity contribution < 1.29 is 9.15 Å². The van der Waals surface area contributed by atoms with Crippen molar-refractivity contribution in [3.05, 3.63) is 24.2 Å². The fourth-order valence-corrected chi connectivity index (χ4v) is 2.16. The van der Waals surface area contributed by atoms with Crippen molar-refractivity contribution in [2.45, 2.75) is 39.4 Å². The number of furan rings is 1. The molecular formula is C13H21NO2. The first-order chi connectivity index (χ1) is 7.54. The van der Waals surface area contributed by atoms with E-state index in [1.165, 1.54) is 0 Å². The monoisotopic (exact) mass is 223 g/mol. The molecule has 2 atom stereocenters. The van der Waals surface area contributed by atoms with Crippen molar-refractivity contribution >= 4 is 0 Å². The third-order valence-corrected chi connectivity index (χ3v) is 2.81. The number of hydrogen-bond acceptors (Lipinski definition) is 3. The molecule has 0 aliphatic carbocycles. The van der Waals surface area contributed by atoms with Crippen LogP contribution >= 0.6 is 0 Å². The summed E-state index contributed by atoms with van der Waals surface area (Å²) in [7, 11) is 0. The second-order valence-electron chi connectivity index (χ2n) is 5.73. The fourth-order valence-electron chi connectivity index (χ4n) is 2.16. The van der Waals surface area contributed by atoms with Crippen LogP contribution < -0.4 is 5.32 Å². The van der Waals surface area contributed by atoms with E-state index in [4.69, 9.17) is 9.15 Å². The average Bonchev–Trinajstić information content (AvgIpc) is 2.68. The first kappa shape index (κ1) is 11.7. The summed E-state index contributed by atoms with van der Waals surface area (Å²) >= 11 is 0. The van der Waals surface area contributed by atoms with Gasteiger partial charge >= 0.3 is 0 Å². The highest BCUT2D eigenvalue weighted by molar-refractivity contribution is 5.11. The molecule has 0 radical (unpaired) electrons. The van der Waals surface area contributed by atoms with Gasteiger partial charge in [0.15, 0.2) is 0 Å². The Morgan fingerprint density at radius 3 is 2.81 bits per heavy atom. The molecule has 3 nitrogen and oxygen atoms in total. The fraction of sp³-hybridized carbons (Fsp3) is 0.692. The molecule has 1 aliphatic heterocycles. The van der Waals surface area contributed by atoms with Crippen LogP contribution in [0.5, 0.6) is 0 Å². The van der Waals surface area contributed by atoms with E-state index in [1.807, 2.05) is 6.07 Å². The van der Waals surface area contributed by atoms with Crippen LogP contribution in [0.2, 0.25) is 0 Å². The average molecular weight is 223 g/mol. The molecule has 1 aliphatic rings. The van der Waals surface area contributed by atoms with Crippen molar-refractivity contribution in [1.29, 1.82) is 0 Å². The third kappa shape index (κ3) is 3.09. The molecule has 2 rings (SSSR count). The standard InChI is InChI=1S/C13H21NO2/c1-13(2,3)6-11-7-14-8-12(16-11)10-4-5-15-9-10/h4-5,9,11-12,14H,6-8H2,1-3H3. The first-order valence-electron chi connectivity index (χ1n) is 5.93. The minimum absolute atomic E-state index is 0.139. The van der Waals surface area contributed by atoms with Gasteiger partial charge in [0.1, 0.15) is 0 Å². The molecule has 0 spiro atoms. The van der Waals surface area contributed by atoms with Crippen molar-refractivity contribution in [3.63, 3.8) is 0 Å². The number of morpholine rings is 1. The molecule has 1 saturated heterocycles. The van der Waals surface area contributed by atoms with Gasteiger partial charge in [0.05, 0.1) is 24.7 Å². The van der Waals surface area contributed by atoms with E-state index in [0.717, 1.165) is 25.1 Å². The Morgan fingerprint density at radius 1 is 1.38 bits per heavy atom. The zero-order chi connectivity index (χ0) is 11.6. The van der Waals surface area contributed by atoms with Gasteiger partial charge in [-0.15, -0.1) is 0 Å². The van der Waals surface area contributed by atoms with E-state index in [9.17, 15) is 0 Å². The molecule has 90 valence electrons. The highest BCUT2D eigenvalue weighted by Gasteiger charge is 2.27. The molecule has 0 amide bonds. The van der Waals surface area contributed by atoms with Gasteiger partial charge in [-0.2, -0.15) is 0 Å². The summed E-state index contributed by atoms with van der Waals surface area (Å²) < 4.78 is 11.2. The number of hydrogen-bond donors (Lipinski definition) is 1. The second kappa shape index (κ2) is 4.60.